The number of anilines is 2. The van der Waals surface area contributed by atoms with Crippen LogP contribution in [0.3, 0.4) is 0 Å². The van der Waals surface area contributed by atoms with Crippen LogP contribution in [0.4, 0.5) is 11.4 Å². The summed E-state index contributed by atoms with van der Waals surface area (Å²) in [6, 6.07) is 31.7. The van der Waals surface area contributed by atoms with Crippen molar-refractivity contribution in [2.45, 2.75) is 49.6 Å². The van der Waals surface area contributed by atoms with Crippen molar-refractivity contribution < 1.29 is 22.0 Å². The monoisotopic (exact) mass is 705 g/mol. The van der Waals surface area contributed by atoms with Crippen LogP contribution in [-0.2, 0) is 34.2 Å². The van der Waals surface area contributed by atoms with Gasteiger partial charge in [0.05, 0.1) is 4.90 Å². The highest BCUT2D eigenvalue weighted by Crippen LogP contribution is 2.32. The summed E-state index contributed by atoms with van der Waals surface area (Å²) in [5.41, 5.74) is 4.35. The van der Waals surface area contributed by atoms with Gasteiger partial charge in [0, 0.05) is 60.3 Å². The Morgan fingerprint density at radius 1 is 0.875 bits per heavy atom. The number of Topliss-reactive ketones (excluding diaryl/α,β-unsaturated/α-hetero) is 1. The molecule has 8 nitrogen and oxygen atoms in total. The molecule has 1 heterocycles. The van der Waals surface area contributed by atoms with Gasteiger partial charge < -0.3 is 4.90 Å². The molecule has 0 spiro atoms. The number of nitrogens with zero attached hydrogens (tertiary/aromatic N) is 2. The number of carbonyl (C=O) groups excluding carboxylic acids is 1. The van der Waals surface area contributed by atoms with Crippen LogP contribution in [0.25, 0.3) is 0 Å². The third kappa shape index (κ3) is 10.5. The van der Waals surface area contributed by atoms with Gasteiger partial charge in [0.1, 0.15) is 5.75 Å². The molecule has 1 unspecified atom stereocenters. The number of benzene rings is 4. The van der Waals surface area contributed by atoms with E-state index in [0.717, 1.165) is 55.0 Å². The third-order valence-corrected chi connectivity index (χ3v) is 11.7. The summed E-state index contributed by atoms with van der Waals surface area (Å²) in [5, 5.41) is 0. The third-order valence-electron chi connectivity index (χ3n) is 8.67. The first kappa shape index (κ1) is 35.8. The Balaban J connectivity index is 1.21. The molecule has 254 valence electrons. The van der Waals surface area contributed by atoms with Crippen molar-refractivity contribution in [1.82, 2.24) is 4.90 Å². The number of carbonyl (C=O) groups is 1. The van der Waals surface area contributed by atoms with Crippen LogP contribution >= 0.6 is 11.8 Å². The number of hydrogen-bond donors (Lipinski definition) is 2. The van der Waals surface area contributed by atoms with Crippen molar-refractivity contribution in [1.29, 1.82) is 0 Å². The highest BCUT2D eigenvalue weighted by molar-refractivity contribution is 7.99. The number of thioether (sulfide) groups is 1. The van der Waals surface area contributed by atoms with Crippen LogP contribution in [0.5, 0.6) is 0 Å². The van der Waals surface area contributed by atoms with Crippen molar-refractivity contribution in [3.63, 3.8) is 0 Å². The smallest absolute Gasteiger partial charge is 0.259 e. The highest BCUT2D eigenvalue weighted by Gasteiger charge is 2.26. The zero-order chi connectivity index (χ0) is 34.1. The van der Waals surface area contributed by atoms with Gasteiger partial charge in [-0.2, -0.15) is 0 Å². The predicted octanol–water partition coefficient (Wildman–Crippen LogP) is 7.31. The minimum absolute atomic E-state index is 0.127. The molecule has 4 aromatic carbocycles. The maximum Gasteiger partial charge on any atom is 0.259 e. The SMILES string of the molecule is CC1(C)CCN(c2ccc(C(=O)CS(=O)(=O)c3ccc(CN(CCSc4ccccc4)Cc4ccc(NS(=O)O)cc4)cc3)cc2)CC1. The highest BCUT2D eigenvalue weighted by atomic mass is 32.2. The van der Waals surface area contributed by atoms with Gasteiger partial charge in [-0.3, -0.25) is 19.0 Å². The Hall–Kier alpha value is -3.48. The van der Waals surface area contributed by atoms with Crippen LogP contribution in [-0.4, -0.2) is 59.0 Å². The summed E-state index contributed by atoms with van der Waals surface area (Å²) in [5.74, 6) is -0.140. The van der Waals surface area contributed by atoms with E-state index in [9.17, 15) is 17.4 Å². The maximum absolute atomic E-state index is 13.3. The fourth-order valence-corrected chi connectivity index (χ4v) is 8.19. The molecule has 0 radical (unpaired) electrons. The minimum atomic E-state index is -3.82. The van der Waals surface area contributed by atoms with Crippen LogP contribution in [0.1, 0.15) is 48.2 Å². The van der Waals surface area contributed by atoms with Crippen LogP contribution in [0.15, 0.2) is 113 Å². The number of piperidine rings is 1. The predicted molar refractivity (Wildman–Crippen MR) is 197 cm³/mol. The number of ketones is 1. The molecule has 0 aromatic heterocycles. The first-order valence-electron chi connectivity index (χ1n) is 16.0. The van der Waals surface area contributed by atoms with Crippen molar-refractivity contribution in [2.24, 2.45) is 5.41 Å². The molecule has 0 saturated carbocycles. The molecular weight excluding hydrogens is 663 g/mol. The average molecular weight is 706 g/mol. The number of sulfone groups is 1. The van der Waals surface area contributed by atoms with Gasteiger partial charge in [-0.25, -0.2) is 12.6 Å². The van der Waals surface area contributed by atoms with E-state index in [0.29, 0.717) is 29.8 Å². The van der Waals surface area contributed by atoms with Crippen molar-refractivity contribution >= 4 is 50.0 Å². The van der Waals surface area contributed by atoms with Gasteiger partial charge in [-0.15, -0.1) is 11.8 Å². The average Bonchev–Trinajstić information content (AvgIpc) is 3.06. The molecule has 1 aliphatic rings. The second kappa shape index (κ2) is 16.3. The van der Waals surface area contributed by atoms with E-state index in [1.165, 1.54) is 4.90 Å². The van der Waals surface area contributed by atoms with Gasteiger partial charge in [0.2, 0.25) is 0 Å². The lowest BCUT2D eigenvalue weighted by molar-refractivity contribution is 0.102. The van der Waals surface area contributed by atoms with Gasteiger partial charge in [-0.1, -0.05) is 56.3 Å². The van der Waals surface area contributed by atoms with Gasteiger partial charge in [-0.05, 0) is 90.0 Å². The van der Waals surface area contributed by atoms with Crippen molar-refractivity contribution in [3.8, 4) is 0 Å². The van der Waals surface area contributed by atoms with E-state index < -0.39 is 32.6 Å². The van der Waals surface area contributed by atoms with Gasteiger partial charge in [0.15, 0.2) is 15.6 Å². The maximum atomic E-state index is 13.3. The minimum Gasteiger partial charge on any atom is -0.371 e. The number of nitrogens with one attached hydrogen (secondary N) is 1. The Labute approximate surface area is 291 Å². The van der Waals surface area contributed by atoms with Gasteiger partial charge >= 0.3 is 0 Å². The van der Waals surface area contributed by atoms with E-state index in [1.807, 2.05) is 54.6 Å². The largest absolute Gasteiger partial charge is 0.371 e. The molecule has 0 aliphatic carbocycles. The van der Waals surface area contributed by atoms with Gasteiger partial charge in [0.25, 0.3) is 11.3 Å². The molecule has 0 amide bonds. The molecule has 11 heteroatoms. The second-order valence-corrected chi connectivity index (χ2v) is 16.8. The summed E-state index contributed by atoms with van der Waals surface area (Å²) in [4.78, 5) is 19.0. The Bertz CT molecular complexity index is 1770. The van der Waals surface area contributed by atoms with Crippen LogP contribution < -0.4 is 9.62 Å². The fourth-order valence-electron chi connectivity index (χ4n) is 5.69. The Kier molecular flexibility index (Phi) is 12.1. The number of hydrogen-bond acceptors (Lipinski definition) is 7. The summed E-state index contributed by atoms with van der Waals surface area (Å²) < 4.78 is 49.2. The van der Waals surface area contributed by atoms with Crippen molar-refractivity contribution in [2.75, 3.05) is 40.8 Å². The molecular formula is C37H43N3O5S3. The molecule has 5 rings (SSSR count). The topological polar surface area (TPSA) is 107 Å². The molecule has 4 aromatic rings. The normalized spacial score (nSPS) is 15.3. The quantitative estimate of drug-likeness (QED) is 0.0754. The second-order valence-electron chi connectivity index (χ2n) is 12.9. The Morgan fingerprint density at radius 2 is 1.46 bits per heavy atom. The first-order valence-corrected chi connectivity index (χ1v) is 19.8. The summed E-state index contributed by atoms with van der Waals surface area (Å²) >= 11 is -0.366. The first-order chi connectivity index (χ1) is 23.0. The van der Waals surface area contributed by atoms with E-state index in [-0.39, 0.29) is 4.90 Å². The zero-order valence-electron chi connectivity index (χ0n) is 27.4. The molecule has 1 saturated heterocycles. The summed E-state index contributed by atoms with van der Waals surface area (Å²) in [7, 11) is -3.82. The molecule has 1 aliphatic heterocycles. The summed E-state index contributed by atoms with van der Waals surface area (Å²) in [6.45, 7) is 8.52. The Morgan fingerprint density at radius 3 is 2.04 bits per heavy atom. The van der Waals surface area contributed by atoms with Crippen LogP contribution in [0, 0.1) is 5.41 Å². The molecule has 0 bridgehead atoms. The van der Waals surface area contributed by atoms with E-state index >= 15 is 0 Å². The standard InChI is InChI=1S/C37H43N3O5S3/c1-37(2)20-22-40(23-21-37)33-16-12-31(13-17-33)36(41)28-48(44,45)35-18-10-30(11-19-35)27-39(24-25-46-34-6-4-3-5-7-34)26-29-8-14-32(15-9-29)38-47(42)43/h3-19,38H,20-28H2,1-2H3,(H,42,43). The lowest BCUT2D eigenvalue weighted by Gasteiger charge is -2.38. The molecule has 1 atom stereocenters. The zero-order valence-corrected chi connectivity index (χ0v) is 29.8. The van der Waals surface area contributed by atoms with E-state index in [1.54, 1.807) is 48.2 Å². The van der Waals surface area contributed by atoms with Crippen molar-refractivity contribution in [3.05, 3.63) is 120 Å². The lowest BCUT2D eigenvalue weighted by atomic mass is 9.82. The lowest BCUT2D eigenvalue weighted by Crippen LogP contribution is -2.37. The van der Waals surface area contributed by atoms with E-state index in [2.05, 4.69) is 40.5 Å². The molecule has 2 N–H and O–H groups in total. The summed E-state index contributed by atoms with van der Waals surface area (Å²) in [6.07, 6.45) is 2.22. The van der Waals surface area contributed by atoms with Crippen LogP contribution in [0.2, 0.25) is 0 Å². The number of rotatable bonds is 15. The molecule has 48 heavy (non-hydrogen) atoms. The van der Waals surface area contributed by atoms with E-state index in [4.69, 9.17) is 4.55 Å². The molecule has 1 fully saturated rings. The fraction of sp³-hybridized carbons (Fsp3) is 0.324.